The van der Waals surface area contributed by atoms with Crippen molar-refractivity contribution in [1.29, 1.82) is 0 Å². The van der Waals surface area contributed by atoms with Gasteiger partial charge >= 0.3 is 11.6 Å². The Bertz CT molecular complexity index is 1250. The quantitative estimate of drug-likeness (QED) is 0.346. The second-order valence-corrected chi connectivity index (χ2v) is 7.04. The maximum absolute atomic E-state index is 12.7. The number of hydrogen-bond donors (Lipinski definition) is 0. The van der Waals surface area contributed by atoms with E-state index in [9.17, 15) is 9.59 Å². The Kier molecular flexibility index (Phi) is 5.35. The topological polar surface area (TPSA) is 65.7 Å². The van der Waals surface area contributed by atoms with Gasteiger partial charge in [0.25, 0.3) is 0 Å². The van der Waals surface area contributed by atoms with Crippen molar-refractivity contribution in [1.82, 2.24) is 0 Å². The van der Waals surface area contributed by atoms with Crippen LogP contribution in [-0.2, 0) is 4.79 Å². The van der Waals surface area contributed by atoms with Gasteiger partial charge in [-0.05, 0) is 54.8 Å². The number of aryl methyl sites for hydroxylation is 2. The summed E-state index contributed by atoms with van der Waals surface area (Å²) in [7, 11) is 0. The fraction of sp³-hybridized carbons (Fsp3) is 0.120. The van der Waals surface area contributed by atoms with Crippen LogP contribution in [0.15, 0.2) is 82.0 Å². The summed E-state index contributed by atoms with van der Waals surface area (Å²) in [6.45, 7) is 3.63. The van der Waals surface area contributed by atoms with Crippen LogP contribution in [0.2, 0.25) is 0 Å². The van der Waals surface area contributed by atoms with Crippen LogP contribution in [0.5, 0.6) is 11.5 Å². The molecule has 0 aliphatic heterocycles. The lowest BCUT2D eigenvalue weighted by atomic mass is 10.0. The van der Waals surface area contributed by atoms with E-state index in [0.29, 0.717) is 22.3 Å². The van der Waals surface area contributed by atoms with E-state index in [1.54, 1.807) is 48.5 Å². The molecule has 3 aromatic carbocycles. The molecule has 1 heterocycles. The zero-order valence-electron chi connectivity index (χ0n) is 16.7. The molecular weight excluding hydrogens is 380 g/mol. The van der Waals surface area contributed by atoms with Crippen molar-refractivity contribution in [3.8, 4) is 22.6 Å². The SMILES string of the molecule is Cc1cc(C)cc(OCC(=O)Oc2c(-c3ccccc3)c(=O)oc3ccccc23)c1. The average molecular weight is 400 g/mol. The Hall–Kier alpha value is -3.86. The predicted molar refractivity (Wildman–Crippen MR) is 115 cm³/mol. The van der Waals surface area contributed by atoms with Crippen LogP contribution in [0.25, 0.3) is 22.1 Å². The molecule has 0 aliphatic rings. The Morgan fingerprint density at radius 2 is 1.57 bits per heavy atom. The fourth-order valence-electron chi connectivity index (χ4n) is 3.38. The Balaban J connectivity index is 1.68. The number of rotatable bonds is 5. The number of hydrogen-bond acceptors (Lipinski definition) is 5. The molecule has 0 atom stereocenters. The van der Waals surface area contributed by atoms with Crippen molar-refractivity contribution < 1.29 is 18.7 Å². The molecule has 0 unspecified atom stereocenters. The number of carbonyl (C=O) groups is 1. The molecular formula is C25H20O5. The maximum atomic E-state index is 12.7. The normalized spacial score (nSPS) is 10.7. The van der Waals surface area contributed by atoms with Gasteiger partial charge in [0.2, 0.25) is 0 Å². The lowest BCUT2D eigenvalue weighted by Gasteiger charge is -2.13. The molecule has 5 heteroatoms. The highest BCUT2D eigenvalue weighted by Gasteiger charge is 2.20. The van der Waals surface area contributed by atoms with E-state index in [-0.39, 0.29) is 17.9 Å². The molecule has 0 aliphatic carbocycles. The minimum absolute atomic E-state index is 0.169. The molecule has 0 bridgehead atoms. The first-order chi connectivity index (χ1) is 14.5. The summed E-state index contributed by atoms with van der Waals surface area (Å²) in [6.07, 6.45) is 0. The van der Waals surface area contributed by atoms with Gasteiger partial charge in [0.15, 0.2) is 12.4 Å². The standard InChI is InChI=1S/C25H20O5/c1-16-12-17(2)14-19(13-16)28-15-22(26)30-24-20-10-6-7-11-21(20)29-25(27)23(24)18-8-4-3-5-9-18/h3-14H,15H2,1-2H3. The van der Waals surface area contributed by atoms with Crippen molar-refractivity contribution in [2.75, 3.05) is 6.61 Å². The third-order valence-corrected chi connectivity index (χ3v) is 4.60. The number of carbonyl (C=O) groups excluding carboxylic acids is 1. The molecule has 0 fully saturated rings. The molecule has 4 rings (SSSR count). The van der Waals surface area contributed by atoms with Gasteiger partial charge in [-0.3, -0.25) is 0 Å². The van der Waals surface area contributed by atoms with Crippen molar-refractivity contribution in [3.63, 3.8) is 0 Å². The molecule has 30 heavy (non-hydrogen) atoms. The molecule has 0 saturated carbocycles. The summed E-state index contributed by atoms with van der Waals surface area (Å²) in [5.74, 6) is 0.148. The van der Waals surface area contributed by atoms with Crippen LogP contribution in [0.4, 0.5) is 0 Å². The summed E-state index contributed by atoms with van der Waals surface area (Å²) < 4.78 is 16.7. The first-order valence-electron chi connectivity index (χ1n) is 9.54. The monoisotopic (exact) mass is 400 g/mol. The molecule has 1 aromatic heterocycles. The molecule has 150 valence electrons. The van der Waals surface area contributed by atoms with Crippen LogP contribution < -0.4 is 15.1 Å². The zero-order valence-corrected chi connectivity index (χ0v) is 16.7. The second kappa shape index (κ2) is 8.25. The second-order valence-electron chi connectivity index (χ2n) is 7.04. The summed E-state index contributed by atoms with van der Waals surface area (Å²) in [5.41, 5.74) is 2.66. The van der Waals surface area contributed by atoms with Gasteiger partial charge in [0, 0.05) is 0 Å². The van der Waals surface area contributed by atoms with E-state index in [2.05, 4.69) is 0 Å². The summed E-state index contributed by atoms with van der Waals surface area (Å²) in [4.78, 5) is 25.3. The van der Waals surface area contributed by atoms with E-state index in [1.807, 2.05) is 38.1 Å². The molecule has 0 amide bonds. The van der Waals surface area contributed by atoms with E-state index in [1.165, 1.54) is 0 Å². The van der Waals surface area contributed by atoms with Crippen molar-refractivity contribution in [3.05, 3.63) is 94.3 Å². The van der Waals surface area contributed by atoms with E-state index in [4.69, 9.17) is 13.9 Å². The highest BCUT2D eigenvalue weighted by molar-refractivity contribution is 5.93. The molecule has 4 aromatic rings. The molecule has 0 radical (unpaired) electrons. The van der Waals surface area contributed by atoms with Gasteiger partial charge in [-0.1, -0.05) is 48.5 Å². The number of ether oxygens (including phenoxy) is 2. The first-order valence-corrected chi connectivity index (χ1v) is 9.54. The molecule has 0 saturated heterocycles. The highest BCUT2D eigenvalue weighted by atomic mass is 16.6. The van der Waals surface area contributed by atoms with Gasteiger partial charge in [0.05, 0.1) is 5.39 Å². The Morgan fingerprint density at radius 1 is 0.900 bits per heavy atom. The molecule has 0 spiro atoms. The molecule has 0 N–H and O–H groups in total. The number of para-hydroxylation sites is 1. The number of esters is 1. The summed E-state index contributed by atoms with van der Waals surface area (Å²) >= 11 is 0. The lowest BCUT2D eigenvalue weighted by Crippen LogP contribution is -2.19. The van der Waals surface area contributed by atoms with E-state index in [0.717, 1.165) is 11.1 Å². The number of fused-ring (bicyclic) bond motifs is 1. The van der Waals surface area contributed by atoms with Crippen molar-refractivity contribution >= 4 is 16.9 Å². The highest BCUT2D eigenvalue weighted by Crippen LogP contribution is 2.34. The fourth-order valence-corrected chi connectivity index (χ4v) is 3.38. The van der Waals surface area contributed by atoms with E-state index < -0.39 is 11.6 Å². The predicted octanol–water partition coefficient (Wildman–Crippen LogP) is 5.06. The van der Waals surface area contributed by atoms with Gasteiger partial charge < -0.3 is 13.9 Å². The maximum Gasteiger partial charge on any atom is 0.349 e. The van der Waals surface area contributed by atoms with Gasteiger partial charge in [-0.25, -0.2) is 9.59 Å². The third kappa shape index (κ3) is 4.10. The Morgan fingerprint density at radius 3 is 2.30 bits per heavy atom. The van der Waals surface area contributed by atoms with Crippen LogP contribution >= 0.6 is 0 Å². The lowest BCUT2D eigenvalue weighted by molar-refractivity contribution is -0.136. The van der Waals surface area contributed by atoms with Gasteiger partial charge in [0.1, 0.15) is 16.9 Å². The third-order valence-electron chi connectivity index (χ3n) is 4.60. The van der Waals surface area contributed by atoms with Crippen LogP contribution in [-0.4, -0.2) is 12.6 Å². The Labute approximate surface area is 173 Å². The summed E-state index contributed by atoms with van der Waals surface area (Å²) in [6, 6.07) is 21.7. The summed E-state index contributed by atoms with van der Waals surface area (Å²) in [5, 5.41) is 0.538. The van der Waals surface area contributed by atoms with Crippen molar-refractivity contribution in [2.45, 2.75) is 13.8 Å². The van der Waals surface area contributed by atoms with Gasteiger partial charge in [-0.2, -0.15) is 0 Å². The minimum Gasteiger partial charge on any atom is -0.482 e. The minimum atomic E-state index is -0.609. The van der Waals surface area contributed by atoms with Crippen molar-refractivity contribution in [2.24, 2.45) is 0 Å². The smallest absolute Gasteiger partial charge is 0.349 e. The van der Waals surface area contributed by atoms with Gasteiger partial charge in [-0.15, -0.1) is 0 Å². The van der Waals surface area contributed by atoms with Crippen LogP contribution in [0.3, 0.4) is 0 Å². The van der Waals surface area contributed by atoms with Crippen LogP contribution in [0, 0.1) is 13.8 Å². The zero-order chi connectivity index (χ0) is 21.1. The van der Waals surface area contributed by atoms with Crippen LogP contribution in [0.1, 0.15) is 11.1 Å². The average Bonchev–Trinajstić information content (AvgIpc) is 2.72. The van der Waals surface area contributed by atoms with E-state index >= 15 is 0 Å². The largest absolute Gasteiger partial charge is 0.482 e. The first kappa shape index (κ1) is 19.5. The molecule has 5 nitrogen and oxygen atoms in total. The number of benzene rings is 3.